The van der Waals surface area contributed by atoms with Gasteiger partial charge in [-0.2, -0.15) is 0 Å². The van der Waals surface area contributed by atoms with Crippen molar-refractivity contribution in [3.63, 3.8) is 0 Å². The van der Waals surface area contributed by atoms with Gasteiger partial charge in [0.25, 0.3) is 0 Å². The second kappa shape index (κ2) is 7.31. The molecule has 1 N–H and O–H groups in total. The number of aryl methyl sites for hydroxylation is 2. The Kier molecular flexibility index (Phi) is 5.44. The van der Waals surface area contributed by atoms with E-state index in [0.29, 0.717) is 17.5 Å². The van der Waals surface area contributed by atoms with Gasteiger partial charge in [0.05, 0.1) is 0 Å². The van der Waals surface area contributed by atoms with Gasteiger partial charge >= 0.3 is 0 Å². The molecule has 21 heavy (non-hydrogen) atoms. The first-order valence-electron chi connectivity index (χ1n) is 7.29. The molecule has 0 aliphatic heterocycles. The van der Waals surface area contributed by atoms with Gasteiger partial charge in [0.1, 0.15) is 5.01 Å². The fourth-order valence-corrected chi connectivity index (χ4v) is 2.66. The normalized spacial score (nSPS) is 10.9. The number of aromatic nitrogens is 2. The smallest absolute Gasteiger partial charge is 0.226 e. The molecule has 0 unspecified atom stereocenters. The van der Waals surface area contributed by atoms with Crippen molar-refractivity contribution < 1.29 is 4.79 Å². The van der Waals surface area contributed by atoms with Crippen molar-refractivity contribution in [2.75, 3.05) is 5.32 Å². The molecule has 2 aromatic rings. The predicted octanol–water partition coefficient (Wildman–Crippen LogP) is 3.80. The van der Waals surface area contributed by atoms with Crippen LogP contribution >= 0.6 is 11.3 Å². The van der Waals surface area contributed by atoms with E-state index in [1.165, 1.54) is 22.5 Å². The van der Waals surface area contributed by atoms with Gasteiger partial charge in [-0.3, -0.25) is 4.79 Å². The fourth-order valence-electron chi connectivity index (χ4n) is 1.90. The summed E-state index contributed by atoms with van der Waals surface area (Å²) in [6, 6.07) is 8.42. The highest BCUT2D eigenvalue weighted by atomic mass is 32.1. The van der Waals surface area contributed by atoms with Crippen molar-refractivity contribution in [3.05, 3.63) is 40.4 Å². The Morgan fingerprint density at radius 1 is 1.19 bits per heavy atom. The highest BCUT2D eigenvalue weighted by molar-refractivity contribution is 7.15. The average Bonchev–Trinajstić information content (AvgIpc) is 2.94. The molecule has 0 radical (unpaired) electrons. The zero-order valence-electron chi connectivity index (χ0n) is 12.7. The molecule has 1 amide bonds. The van der Waals surface area contributed by atoms with E-state index in [1.807, 2.05) is 0 Å². The van der Waals surface area contributed by atoms with Crippen LogP contribution in [-0.4, -0.2) is 16.1 Å². The molecule has 4 nitrogen and oxygen atoms in total. The topological polar surface area (TPSA) is 54.9 Å². The van der Waals surface area contributed by atoms with Crippen LogP contribution in [0.25, 0.3) is 0 Å². The van der Waals surface area contributed by atoms with Crippen LogP contribution in [0, 0.1) is 0 Å². The van der Waals surface area contributed by atoms with E-state index in [2.05, 4.69) is 60.6 Å². The van der Waals surface area contributed by atoms with Crippen molar-refractivity contribution in [2.45, 2.75) is 46.0 Å². The molecule has 0 aliphatic rings. The Hall–Kier alpha value is -1.75. The van der Waals surface area contributed by atoms with Gasteiger partial charge in [0.15, 0.2) is 0 Å². The quantitative estimate of drug-likeness (QED) is 0.883. The molecule has 0 atom stereocenters. The third-order valence-corrected chi connectivity index (χ3v) is 4.39. The molecule has 0 fully saturated rings. The van der Waals surface area contributed by atoms with E-state index in [-0.39, 0.29) is 5.91 Å². The van der Waals surface area contributed by atoms with Crippen LogP contribution in [-0.2, 0) is 17.6 Å². The largest absolute Gasteiger partial charge is 0.301 e. The summed E-state index contributed by atoms with van der Waals surface area (Å²) in [6.07, 6.45) is 2.24. The SMILES string of the molecule is CCc1ccc(CCC(=O)Nc2nnc(C(C)C)s2)cc1. The summed E-state index contributed by atoms with van der Waals surface area (Å²) >= 11 is 1.44. The number of rotatable bonds is 6. The van der Waals surface area contributed by atoms with Crippen LogP contribution in [0.2, 0.25) is 0 Å². The molecule has 5 heteroatoms. The molecule has 0 saturated heterocycles. The minimum absolute atomic E-state index is 0.0129. The molecular weight excluding hydrogens is 282 g/mol. The molecule has 1 aromatic carbocycles. The maximum Gasteiger partial charge on any atom is 0.226 e. The number of nitrogens with zero attached hydrogens (tertiary/aromatic N) is 2. The third kappa shape index (κ3) is 4.63. The average molecular weight is 303 g/mol. The van der Waals surface area contributed by atoms with E-state index in [4.69, 9.17) is 0 Å². The first-order chi connectivity index (χ1) is 10.1. The monoisotopic (exact) mass is 303 g/mol. The van der Waals surface area contributed by atoms with E-state index < -0.39 is 0 Å². The molecule has 0 bridgehead atoms. The molecule has 0 spiro atoms. The number of nitrogens with one attached hydrogen (secondary N) is 1. The van der Waals surface area contributed by atoms with Gasteiger partial charge in [0.2, 0.25) is 11.0 Å². The summed E-state index contributed by atoms with van der Waals surface area (Å²) in [5.74, 6) is 0.325. The second-order valence-electron chi connectivity index (χ2n) is 5.32. The van der Waals surface area contributed by atoms with Crippen LogP contribution in [0.3, 0.4) is 0 Å². The van der Waals surface area contributed by atoms with Crippen molar-refractivity contribution in [3.8, 4) is 0 Å². The lowest BCUT2D eigenvalue weighted by atomic mass is 10.1. The molecule has 1 aromatic heterocycles. The summed E-state index contributed by atoms with van der Waals surface area (Å²) in [5.41, 5.74) is 2.50. The first-order valence-corrected chi connectivity index (χ1v) is 8.11. The van der Waals surface area contributed by atoms with Crippen LogP contribution in [0.4, 0.5) is 5.13 Å². The van der Waals surface area contributed by atoms with Crippen LogP contribution in [0.5, 0.6) is 0 Å². The van der Waals surface area contributed by atoms with Gasteiger partial charge in [-0.1, -0.05) is 56.4 Å². The van der Waals surface area contributed by atoms with Gasteiger partial charge in [0, 0.05) is 12.3 Å². The second-order valence-corrected chi connectivity index (χ2v) is 6.33. The number of benzene rings is 1. The molecule has 0 aliphatic carbocycles. The summed E-state index contributed by atoms with van der Waals surface area (Å²) < 4.78 is 0. The molecule has 0 saturated carbocycles. The molecular formula is C16H21N3OS. The number of hydrogen-bond acceptors (Lipinski definition) is 4. The summed E-state index contributed by atoms with van der Waals surface area (Å²) in [5, 5.41) is 12.4. The summed E-state index contributed by atoms with van der Waals surface area (Å²) in [4.78, 5) is 11.9. The van der Waals surface area contributed by atoms with E-state index >= 15 is 0 Å². The number of carbonyl (C=O) groups is 1. The van der Waals surface area contributed by atoms with Gasteiger partial charge in [-0.25, -0.2) is 0 Å². The van der Waals surface area contributed by atoms with Crippen molar-refractivity contribution >= 4 is 22.4 Å². The zero-order chi connectivity index (χ0) is 15.2. The summed E-state index contributed by atoms with van der Waals surface area (Å²) in [6.45, 7) is 6.26. The number of hydrogen-bond donors (Lipinski definition) is 1. The number of anilines is 1. The van der Waals surface area contributed by atoms with E-state index in [0.717, 1.165) is 17.8 Å². The van der Waals surface area contributed by atoms with Crippen molar-refractivity contribution in [2.24, 2.45) is 0 Å². The predicted molar refractivity (Wildman–Crippen MR) is 86.8 cm³/mol. The third-order valence-electron chi connectivity index (χ3n) is 3.25. The maximum atomic E-state index is 11.9. The maximum absolute atomic E-state index is 11.9. The van der Waals surface area contributed by atoms with Crippen molar-refractivity contribution in [1.29, 1.82) is 0 Å². The lowest BCUT2D eigenvalue weighted by Crippen LogP contribution is -2.12. The van der Waals surface area contributed by atoms with Crippen LogP contribution < -0.4 is 5.32 Å². The number of carbonyl (C=O) groups excluding carboxylic acids is 1. The van der Waals surface area contributed by atoms with Gasteiger partial charge < -0.3 is 5.32 Å². The molecule has 2 rings (SSSR count). The highest BCUT2D eigenvalue weighted by Gasteiger charge is 2.10. The lowest BCUT2D eigenvalue weighted by Gasteiger charge is -2.03. The van der Waals surface area contributed by atoms with Crippen molar-refractivity contribution in [1.82, 2.24) is 10.2 Å². The Labute approximate surface area is 129 Å². The first kappa shape index (κ1) is 15.6. The standard InChI is InChI=1S/C16H21N3OS/c1-4-12-5-7-13(8-6-12)9-10-14(20)17-16-19-18-15(21-16)11(2)3/h5-8,11H,4,9-10H2,1-3H3,(H,17,19,20). The van der Waals surface area contributed by atoms with Gasteiger partial charge in [-0.05, 0) is 24.0 Å². The van der Waals surface area contributed by atoms with Crippen LogP contribution in [0.15, 0.2) is 24.3 Å². The number of amides is 1. The Balaban J connectivity index is 1.83. The van der Waals surface area contributed by atoms with Gasteiger partial charge in [-0.15, -0.1) is 10.2 Å². The Bertz CT molecular complexity index is 590. The van der Waals surface area contributed by atoms with E-state index in [9.17, 15) is 4.79 Å². The highest BCUT2D eigenvalue weighted by Crippen LogP contribution is 2.22. The minimum Gasteiger partial charge on any atom is -0.301 e. The lowest BCUT2D eigenvalue weighted by molar-refractivity contribution is -0.116. The minimum atomic E-state index is -0.0129. The van der Waals surface area contributed by atoms with Crippen LogP contribution in [0.1, 0.15) is 49.2 Å². The van der Waals surface area contributed by atoms with E-state index in [1.54, 1.807) is 0 Å². The molecule has 1 heterocycles. The Morgan fingerprint density at radius 3 is 2.43 bits per heavy atom. The fraction of sp³-hybridized carbons (Fsp3) is 0.438. The molecule has 112 valence electrons. The Morgan fingerprint density at radius 2 is 1.86 bits per heavy atom. The summed E-state index contributed by atoms with van der Waals surface area (Å²) in [7, 11) is 0. The zero-order valence-corrected chi connectivity index (χ0v) is 13.5.